The Morgan fingerprint density at radius 1 is 1.13 bits per heavy atom. The van der Waals surface area contributed by atoms with E-state index in [1.807, 2.05) is 7.05 Å². The lowest BCUT2D eigenvalue weighted by atomic mass is 10.0. The van der Waals surface area contributed by atoms with Gasteiger partial charge in [-0.3, -0.25) is 4.79 Å². The molecule has 0 radical (unpaired) electrons. The number of amides is 1. The third kappa shape index (κ3) is 3.73. The molecule has 0 aromatic heterocycles. The quantitative estimate of drug-likeness (QED) is 0.882. The molecular formula is C20H26N2O. The van der Waals surface area contributed by atoms with Crippen molar-refractivity contribution >= 4 is 16.7 Å². The van der Waals surface area contributed by atoms with E-state index >= 15 is 0 Å². The van der Waals surface area contributed by atoms with E-state index < -0.39 is 0 Å². The molecule has 3 nitrogen and oxygen atoms in total. The first-order valence-corrected chi connectivity index (χ1v) is 8.70. The second-order valence-electron chi connectivity index (χ2n) is 6.45. The maximum absolute atomic E-state index is 12.7. The average Bonchev–Trinajstić information content (AvgIpc) is 3.12. The summed E-state index contributed by atoms with van der Waals surface area (Å²) >= 11 is 0. The molecule has 1 aliphatic carbocycles. The predicted octanol–water partition coefficient (Wildman–Crippen LogP) is 3.72. The van der Waals surface area contributed by atoms with Crippen molar-refractivity contribution in [2.75, 3.05) is 13.6 Å². The summed E-state index contributed by atoms with van der Waals surface area (Å²) < 4.78 is 0. The van der Waals surface area contributed by atoms with Crippen LogP contribution in [-0.2, 0) is 11.3 Å². The summed E-state index contributed by atoms with van der Waals surface area (Å²) in [6.07, 6.45) is 5.37. The van der Waals surface area contributed by atoms with Crippen molar-refractivity contribution in [3.8, 4) is 0 Å². The number of rotatable bonds is 6. The number of carbonyl (C=O) groups is 1. The molecule has 0 unspecified atom stereocenters. The Labute approximate surface area is 138 Å². The summed E-state index contributed by atoms with van der Waals surface area (Å²) in [4.78, 5) is 14.8. The van der Waals surface area contributed by atoms with E-state index in [-0.39, 0.29) is 5.91 Å². The molecule has 0 aliphatic heterocycles. The molecule has 0 spiro atoms. The molecule has 3 heteroatoms. The van der Waals surface area contributed by atoms with E-state index in [4.69, 9.17) is 0 Å². The van der Waals surface area contributed by atoms with Gasteiger partial charge < -0.3 is 10.2 Å². The van der Waals surface area contributed by atoms with Gasteiger partial charge in [0, 0.05) is 25.6 Å². The van der Waals surface area contributed by atoms with Crippen LogP contribution < -0.4 is 5.32 Å². The predicted molar refractivity (Wildman–Crippen MR) is 95.3 cm³/mol. The van der Waals surface area contributed by atoms with Crippen molar-refractivity contribution in [3.05, 3.63) is 48.0 Å². The Kier molecular flexibility index (Phi) is 5.29. The largest absolute Gasteiger partial charge is 0.335 e. The zero-order valence-electron chi connectivity index (χ0n) is 13.9. The maximum Gasteiger partial charge on any atom is 0.224 e. The van der Waals surface area contributed by atoms with Gasteiger partial charge >= 0.3 is 0 Å². The highest BCUT2D eigenvalue weighted by Gasteiger charge is 2.26. The highest BCUT2D eigenvalue weighted by atomic mass is 16.2. The van der Waals surface area contributed by atoms with Crippen LogP contribution >= 0.6 is 0 Å². The minimum atomic E-state index is 0.277. The first-order chi connectivity index (χ1) is 11.3. The van der Waals surface area contributed by atoms with Crippen LogP contribution in [0.3, 0.4) is 0 Å². The summed E-state index contributed by atoms with van der Waals surface area (Å²) in [6.45, 7) is 1.48. The molecule has 0 heterocycles. The topological polar surface area (TPSA) is 32.3 Å². The minimum absolute atomic E-state index is 0.277. The Balaban J connectivity index is 1.85. The molecule has 1 saturated carbocycles. The van der Waals surface area contributed by atoms with E-state index in [0.717, 1.165) is 25.9 Å². The Bertz CT molecular complexity index is 656. The third-order valence-corrected chi connectivity index (χ3v) is 4.90. The number of hydrogen-bond donors (Lipinski definition) is 1. The lowest BCUT2D eigenvalue weighted by molar-refractivity contribution is -0.134. The number of nitrogens with zero attached hydrogens (tertiary/aromatic N) is 1. The Morgan fingerprint density at radius 2 is 1.87 bits per heavy atom. The van der Waals surface area contributed by atoms with Crippen LogP contribution in [0.25, 0.3) is 10.8 Å². The van der Waals surface area contributed by atoms with Gasteiger partial charge in [-0.05, 0) is 36.2 Å². The standard InChI is InChI=1S/C20H26N2O/c1-21-14-13-20(23)22(18-10-3-4-11-18)15-17-9-6-8-16-7-2-5-12-19(16)17/h2,5-9,12,18,21H,3-4,10-11,13-15H2,1H3. The molecule has 2 aromatic rings. The molecule has 122 valence electrons. The van der Waals surface area contributed by atoms with Crippen LogP contribution in [0.1, 0.15) is 37.7 Å². The fraction of sp³-hybridized carbons (Fsp3) is 0.450. The normalized spacial score (nSPS) is 15.2. The van der Waals surface area contributed by atoms with E-state index in [1.165, 1.54) is 29.2 Å². The maximum atomic E-state index is 12.7. The van der Waals surface area contributed by atoms with Crippen LogP contribution in [0.15, 0.2) is 42.5 Å². The number of carbonyl (C=O) groups excluding carboxylic acids is 1. The SMILES string of the molecule is CNCCC(=O)N(Cc1cccc2ccccc12)C1CCCC1. The van der Waals surface area contributed by atoms with Gasteiger partial charge in [0.1, 0.15) is 0 Å². The van der Waals surface area contributed by atoms with Crippen LogP contribution in [0, 0.1) is 0 Å². The van der Waals surface area contributed by atoms with Gasteiger partial charge in [-0.15, -0.1) is 0 Å². The van der Waals surface area contributed by atoms with Gasteiger partial charge in [0.2, 0.25) is 5.91 Å². The second kappa shape index (κ2) is 7.60. The summed E-state index contributed by atoms with van der Waals surface area (Å²) in [7, 11) is 1.90. The van der Waals surface area contributed by atoms with Gasteiger partial charge in [-0.2, -0.15) is 0 Å². The molecule has 0 saturated heterocycles. The Morgan fingerprint density at radius 3 is 2.65 bits per heavy atom. The first kappa shape index (κ1) is 16.0. The second-order valence-corrected chi connectivity index (χ2v) is 6.45. The van der Waals surface area contributed by atoms with Crippen LogP contribution in [-0.4, -0.2) is 30.4 Å². The minimum Gasteiger partial charge on any atom is -0.335 e. The highest BCUT2D eigenvalue weighted by molar-refractivity contribution is 5.86. The lowest BCUT2D eigenvalue weighted by Crippen LogP contribution is -2.39. The average molecular weight is 310 g/mol. The molecule has 1 aliphatic rings. The van der Waals surface area contributed by atoms with Gasteiger partial charge in [-0.25, -0.2) is 0 Å². The zero-order chi connectivity index (χ0) is 16.1. The molecule has 1 N–H and O–H groups in total. The smallest absolute Gasteiger partial charge is 0.224 e. The molecule has 1 amide bonds. The van der Waals surface area contributed by atoms with Gasteiger partial charge in [0.05, 0.1) is 0 Å². The molecule has 1 fully saturated rings. The number of fused-ring (bicyclic) bond motifs is 1. The third-order valence-electron chi connectivity index (χ3n) is 4.90. The van der Waals surface area contributed by atoms with Crippen molar-refractivity contribution in [1.29, 1.82) is 0 Å². The van der Waals surface area contributed by atoms with Crippen molar-refractivity contribution in [2.45, 2.75) is 44.7 Å². The molecule has 0 bridgehead atoms. The van der Waals surface area contributed by atoms with Gasteiger partial charge in [0.15, 0.2) is 0 Å². The number of benzene rings is 2. The van der Waals surface area contributed by atoms with Crippen molar-refractivity contribution in [1.82, 2.24) is 10.2 Å². The van der Waals surface area contributed by atoms with E-state index in [9.17, 15) is 4.79 Å². The van der Waals surface area contributed by atoms with Crippen LogP contribution in [0.2, 0.25) is 0 Å². The zero-order valence-corrected chi connectivity index (χ0v) is 13.9. The van der Waals surface area contributed by atoms with Crippen LogP contribution in [0.4, 0.5) is 0 Å². The monoisotopic (exact) mass is 310 g/mol. The lowest BCUT2D eigenvalue weighted by Gasteiger charge is -2.30. The fourth-order valence-electron chi connectivity index (χ4n) is 3.63. The van der Waals surface area contributed by atoms with E-state index in [2.05, 4.69) is 52.7 Å². The molecule has 23 heavy (non-hydrogen) atoms. The molecule has 2 aromatic carbocycles. The van der Waals surface area contributed by atoms with Crippen molar-refractivity contribution < 1.29 is 4.79 Å². The van der Waals surface area contributed by atoms with Crippen molar-refractivity contribution in [2.24, 2.45) is 0 Å². The number of hydrogen-bond acceptors (Lipinski definition) is 2. The molecular weight excluding hydrogens is 284 g/mol. The van der Waals surface area contributed by atoms with E-state index in [1.54, 1.807) is 0 Å². The summed E-state index contributed by atoms with van der Waals surface area (Å²) in [5.41, 5.74) is 1.26. The van der Waals surface area contributed by atoms with Crippen molar-refractivity contribution in [3.63, 3.8) is 0 Å². The van der Waals surface area contributed by atoms with Crippen LogP contribution in [0.5, 0.6) is 0 Å². The molecule has 3 rings (SSSR count). The number of nitrogens with one attached hydrogen (secondary N) is 1. The van der Waals surface area contributed by atoms with Gasteiger partial charge in [-0.1, -0.05) is 55.3 Å². The van der Waals surface area contributed by atoms with Gasteiger partial charge in [0.25, 0.3) is 0 Å². The molecule has 0 atom stereocenters. The summed E-state index contributed by atoms with van der Waals surface area (Å²) in [5, 5.41) is 5.60. The summed E-state index contributed by atoms with van der Waals surface area (Å²) in [5.74, 6) is 0.277. The Hall–Kier alpha value is -1.87. The summed E-state index contributed by atoms with van der Waals surface area (Å²) in [6, 6.07) is 15.3. The highest BCUT2D eigenvalue weighted by Crippen LogP contribution is 2.27. The fourth-order valence-corrected chi connectivity index (χ4v) is 3.63. The first-order valence-electron chi connectivity index (χ1n) is 8.70. The van der Waals surface area contributed by atoms with E-state index in [0.29, 0.717) is 12.5 Å².